The number of benzene rings is 1. The molecule has 0 saturated heterocycles. The third kappa shape index (κ3) is 3.62. The van der Waals surface area contributed by atoms with Gasteiger partial charge in [-0.2, -0.15) is 5.10 Å². The minimum absolute atomic E-state index is 0.250. The number of hydrogen-bond acceptors (Lipinski definition) is 4. The van der Waals surface area contributed by atoms with Crippen molar-refractivity contribution in [1.29, 1.82) is 0 Å². The van der Waals surface area contributed by atoms with E-state index >= 15 is 0 Å². The lowest BCUT2D eigenvalue weighted by Gasteiger charge is -2.45. The Hall–Kier alpha value is -3.32. The number of pyridine rings is 1. The van der Waals surface area contributed by atoms with E-state index in [2.05, 4.69) is 28.8 Å². The van der Waals surface area contributed by atoms with E-state index in [1.807, 2.05) is 35.3 Å². The number of hydrogen-bond donors (Lipinski definition) is 2. The molecule has 3 aromatic rings. The van der Waals surface area contributed by atoms with Crippen LogP contribution in [0, 0.1) is 11.2 Å². The van der Waals surface area contributed by atoms with Crippen molar-refractivity contribution >= 4 is 12.5 Å². The molecule has 2 aromatic heterocycles. The van der Waals surface area contributed by atoms with Crippen molar-refractivity contribution in [3.05, 3.63) is 83.2 Å². The largest absolute Gasteiger partial charge is 0.389 e. The zero-order valence-electron chi connectivity index (χ0n) is 18.0. The maximum Gasteiger partial charge on any atom is 0.204 e. The quantitative estimate of drug-likeness (QED) is 0.614. The highest BCUT2D eigenvalue weighted by Crippen LogP contribution is 2.58. The Morgan fingerprint density at radius 2 is 2.09 bits per heavy atom. The van der Waals surface area contributed by atoms with E-state index in [0.29, 0.717) is 12.8 Å². The van der Waals surface area contributed by atoms with Gasteiger partial charge in [-0.05, 0) is 67.2 Å². The minimum Gasteiger partial charge on any atom is -0.389 e. The zero-order chi connectivity index (χ0) is 22.8. The summed E-state index contributed by atoms with van der Waals surface area (Å²) in [6.45, 7) is 2.15. The van der Waals surface area contributed by atoms with E-state index in [9.17, 15) is 9.50 Å². The normalized spacial score (nSPS) is 23.4. The molecule has 2 aliphatic rings. The number of aromatic nitrogens is 3. The molecule has 0 spiro atoms. The van der Waals surface area contributed by atoms with Crippen molar-refractivity contribution in [2.75, 3.05) is 0 Å². The van der Waals surface area contributed by atoms with Crippen molar-refractivity contribution in [3.8, 4) is 5.69 Å². The predicted octanol–water partition coefficient (Wildman–Crippen LogP) is 3.61. The SMILES string of the molecule is CCC12Cc3cnn(-c4cccnc4)c3C=C1CCC2(O)Cc1cccc(F)c1.NC=O. The van der Waals surface area contributed by atoms with Crippen LogP contribution in [0.2, 0.25) is 0 Å². The summed E-state index contributed by atoms with van der Waals surface area (Å²) in [5.74, 6) is -0.255. The first-order valence-electron chi connectivity index (χ1n) is 10.8. The molecule has 3 N–H and O–H groups in total. The van der Waals surface area contributed by atoms with Crippen LogP contribution in [-0.2, 0) is 17.6 Å². The van der Waals surface area contributed by atoms with Crippen molar-refractivity contribution in [3.63, 3.8) is 0 Å². The van der Waals surface area contributed by atoms with E-state index in [-0.39, 0.29) is 17.6 Å². The van der Waals surface area contributed by atoms with Gasteiger partial charge in [-0.1, -0.05) is 24.6 Å². The average Bonchev–Trinajstić information content (AvgIpc) is 3.32. The maximum atomic E-state index is 13.7. The molecular formula is C25H27FN4O2. The number of rotatable bonds is 4. The number of nitrogens with zero attached hydrogens (tertiary/aromatic N) is 3. The van der Waals surface area contributed by atoms with Crippen molar-refractivity contribution in [2.45, 2.75) is 44.6 Å². The molecule has 2 unspecified atom stereocenters. The van der Waals surface area contributed by atoms with Crippen LogP contribution in [-0.4, -0.2) is 31.9 Å². The molecule has 0 radical (unpaired) electrons. The number of fused-ring (bicyclic) bond motifs is 2. The molecule has 2 aliphatic carbocycles. The molecule has 7 heteroatoms. The lowest BCUT2D eigenvalue weighted by Crippen LogP contribution is -2.48. The van der Waals surface area contributed by atoms with Crippen LogP contribution >= 0.6 is 0 Å². The van der Waals surface area contributed by atoms with Crippen molar-refractivity contribution < 1.29 is 14.3 Å². The molecule has 166 valence electrons. The van der Waals surface area contributed by atoms with Gasteiger partial charge in [0.15, 0.2) is 0 Å². The number of amides is 1. The lowest BCUT2D eigenvalue weighted by molar-refractivity contribution is -0.106. The summed E-state index contributed by atoms with van der Waals surface area (Å²) in [5, 5.41) is 16.4. The van der Waals surface area contributed by atoms with Gasteiger partial charge in [0.25, 0.3) is 0 Å². The maximum absolute atomic E-state index is 13.7. The first kappa shape index (κ1) is 21.9. The summed E-state index contributed by atoms with van der Waals surface area (Å²) >= 11 is 0. The molecule has 5 rings (SSSR count). The molecule has 1 saturated carbocycles. The second-order valence-electron chi connectivity index (χ2n) is 8.43. The predicted molar refractivity (Wildman–Crippen MR) is 120 cm³/mol. The number of carbonyl (C=O) groups is 1. The summed E-state index contributed by atoms with van der Waals surface area (Å²) in [6, 6.07) is 10.5. The summed E-state index contributed by atoms with van der Waals surface area (Å²) < 4.78 is 15.7. The van der Waals surface area contributed by atoms with Gasteiger partial charge >= 0.3 is 0 Å². The molecule has 0 aliphatic heterocycles. The second kappa shape index (κ2) is 8.67. The van der Waals surface area contributed by atoms with Gasteiger partial charge in [0.1, 0.15) is 5.82 Å². The fourth-order valence-electron chi connectivity index (χ4n) is 5.39. The molecule has 1 fully saturated rings. The Kier molecular flexibility index (Phi) is 5.93. The van der Waals surface area contributed by atoms with Crippen LogP contribution in [0.1, 0.15) is 43.0 Å². The Balaban J connectivity index is 0.000000775. The van der Waals surface area contributed by atoms with E-state index in [0.717, 1.165) is 41.8 Å². The highest BCUT2D eigenvalue weighted by Gasteiger charge is 2.56. The van der Waals surface area contributed by atoms with Crippen LogP contribution < -0.4 is 5.73 Å². The van der Waals surface area contributed by atoms with Gasteiger partial charge in [-0.15, -0.1) is 0 Å². The molecule has 2 atom stereocenters. The summed E-state index contributed by atoms with van der Waals surface area (Å²) in [4.78, 5) is 12.8. The lowest BCUT2D eigenvalue weighted by atomic mass is 9.62. The van der Waals surface area contributed by atoms with Crippen LogP contribution in [0.3, 0.4) is 0 Å². The standard InChI is InChI=1S/C24H24FN3O.CH3NO/c1-2-23-14-18-15-27-28(21-7-4-10-26-16-21)22(18)12-19(23)8-9-24(23,29)13-17-5-3-6-20(25)11-17;2-1-3/h3-7,10-12,15-16,29H,2,8-9,13-14H2,1H3;1H,(H2,2,3). The van der Waals surface area contributed by atoms with E-state index in [1.165, 1.54) is 17.7 Å². The molecular weight excluding hydrogens is 407 g/mol. The monoisotopic (exact) mass is 434 g/mol. The molecule has 0 bridgehead atoms. The van der Waals surface area contributed by atoms with E-state index < -0.39 is 5.60 Å². The molecule has 32 heavy (non-hydrogen) atoms. The first-order chi connectivity index (χ1) is 15.5. The number of aliphatic hydroxyl groups is 1. The third-order valence-electron chi connectivity index (χ3n) is 6.88. The van der Waals surface area contributed by atoms with E-state index in [1.54, 1.807) is 12.3 Å². The van der Waals surface area contributed by atoms with Crippen molar-refractivity contribution in [2.24, 2.45) is 11.1 Å². The number of halogens is 1. The highest BCUT2D eigenvalue weighted by atomic mass is 19.1. The van der Waals surface area contributed by atoms with Gasteiger partial charge in [0.05, 0.1) is 29.4 Å². The molecule has 2 heterocycles. The average molecular weight is 435 g/mol. The third-order valence-corrected chi connectivity index (χ3v) is 6.88. The summed E-state index contributed by atoms with van der Waals surface area (Å²) in [5.41, 5.74) is 8.20. The number of carbonyl (C=O) groups excluding carboxylic acids is 1. The number of primary amides is 1. The van der Waals surface area contributed by atoms with Gasteiger partial charge in [0.2, 0.25) is 6.41 Å². The fourth-order valence-corrected chi connectivity index (χ4v) is 5.39. The number of nitrogens with two attached hydrogens (primary N) is 1. The summed E-state index contributed by atoms with van der Waals surface area (Å²) in [7, 11) is 0. The van der Waals surface area contributed by atoms with Gasteiger partial charge in [0, 0.05) is 18.0 Å². The van der Waals surface area contributed by atoms with Gasteiger partial charge in [-0.3, -0.25) is 9.78 Å². The Morgan fingerprint density at radius 1 is 1.28 bits per heavy atom. The van der Waals surface area contributed by atoms with Crippen molar-refractivity contribution in [1.82, 2.24) is 14.8 Å². The molecule has 1 amide bonds. The zero-order valence-corrected chi connectivity index (χ0v) is 18.0. The van der Waals surface area contributed by atoms with E-state index in [4.69, 9.17) is 4.79 Å². The Labute approximate surface area is 186 Å². The van der Waals surface area contributed by atoms with Gasteiger partial charge in [-0.25, -0.2) is 9.07 Å². The topological polar surface area (TPSA) is 94.0 Å². The second-order valence-corrected chi connectivity index (χ2v) is 8.43. The van der Waals surface area contributed by atoms with Crippen LogP contribution in [0.15, 0.2) is 60.6 Å². The highest BCUT2D eigenvalue weighted by molar-refractivity contribution is 5.63. The van der Waals surface area contributed by atoms with Crippen LogP contribution in [0.5, 0.6) is 0 Å². The molecule has 6 nitrogen and oxygen atoms in total. The smallest absolute Gasteiger partial charge is 0.204 e. The summed E-state index contributed by atoms with van der Waals surface area (Å²) in [6.07, 6.45) is 11.5. The van der Waals surface area contributed by atoms with Crippen LogP contribution in [0.25, 0.3) is 11.8 Å². The molecule has 1 aromatic carbocycles. The Bertz CT molecular complexity index is 1140. The Morgan fingerprint density at radius 3 is 2.78 bits per heavy atom. The first-order valence-corrected chi connectivity index (χ1v) is 10.8. The minimum atomic E-state index is -0.893. The van der Waals surface area contributed by atoms with Gasteiger partial charge < -0.3 is 10.8 Å². The fraction of sp³-hybridized carbons (Fsp3) is 0.320. The van der Waals surface area contributed by atoms with Crippen LogP contribution in [0.4, 0.5) is 4.39 Å².